The van der Waals surface area contributed by atoms with Gasteiger partial charge < -0.3 is 9.15 Å². The summed E-state index contributed by atoms with van der Waals surface area (Å²) in [5, 5.41) is 10.8. The first kappa shape index (κ1) is 22.1. The van der Waals surface area contributed by atoms with Gasteiger partial charge in [0.15, 0.2) is 0 Å². The van der Waals surface area contributed by atoms with Gasteiger partial charge in [-0.15, -0.1) is 11.3 Å². The number of aryl methyl sites for hydroxylation is 1. The van der Waals surface area contributed by atoms with Crippen LogP contribution in [-0.4, -0.2) is 12.2 Å². The predicted octanol–water partition coefficient (Wildman–Crippen LogP) is 7.13. The van der Waals surface area contributed by atoms with Crippen LogP contribution in [0.25, 0.3) is 11.3 Å². The van der Waals surface area contributed by atoms with Gasteiger partial charge in [-0.3, -0.25) is 0 Å². The number of carbonyl (C=O) groups is 1. The van der Waals surface area contributed by atoms with Gasteiger partial charge in [-0.25, -0.2) is 9.79 Å². The first-order chi connectivity index (χ1) is 16.6. The van der Waals surface area contributed by atoms with Crippen LogP contribution >= 0.6 is 22.9 Å². The highest BCUT2D eigenvalue weighted by atomic mass is 35.5. The molecule has 0 fully saturated rings. The minimum Gasteiger partial charge on any atom is -0.457 e. The van der Waals surface area contributed by atoms with E-state index in [9.17, 15) is 10.1 Å². The zero-order valence-corrected chi connectivity index (χ0v) is 19.7. The minimum absolute atomic E-state index is 0.113. The molecule has 5 rings (SSSR count). The van der Waals surface area contributed by atoms with Crippen LogP contribution in [0, 0.1) is 11.3 Å². The van der Waals surface area contributed by atoms with Crippen molar-refractivity contribution in [1.29, 1.82) is 5.26 Å². The number of carbonyl (C=O) groups excluding carboxylic acids is 1. The predicted molar refractivity (Wildman–Crippen MR) is 133 cm³/mol. The van der Waals surface area contributed by atoms with Crippen molar-refractivity contribution in [3.05, 3.63) is 98.6 Å². The molecule has 2 heterocycles. The maximum absolute atomic E-state index is 12.4. The van der Waals surface area contributed by atoms with Crippen molar-refractivity contribution >= 4 is 40.1 Å². The third-order valence-corrected chi connectivity index (χ3v) is 7.24. The van der Waals surface area contributed by atoms with Gasteiger partial charge in [0.1, 0.15) is 29.2 Å². The van der Waals surface area contributed by atoms with E-state index in [2.05, 4.69) is 11.1 Å². The Balaban J connectivity index is 1.25. The Hall–Kier alpha value is -3.66. The van der Waals surface area contributed by atoms with E-state index in [4.69, 9.17) is 20.8 Å². The molecule has 34 heavy (non-hydrogen) atoms. The first-order valence-corrected chi connectivity index (χ1v) is 12.0. The molecule has 2 aromatic carbocycles. The topological polar surface area (TPSA) is 75.6 Å². The fourth-order valence-corrected chi connectivity index (χ4v) is 5.28. The summed E-state index contributed by atoms with van der Waals surface area (Å²) in [6.45, 7) is 0.113. The van der Waals surface area contributed by atoms with Gasteiger partial charge in [-0.1, -0.05) is 41.9 Å². The Morgan fingerprint density at radius 3 is 2.76 bits per heavy atom. The normalized spacial score (nSPS) is 12.6. The van der Waals surface area contributed by atoms with Crippen molar-refractivity contribution < 1.29 is 13.9 Å². The van der Waals surface area contributed by atoms with Crippen molar-refractivity contribution in [2.24, 2.45) is 4.99 Å². The highest BCUT2D eigenvalue weighted by molar-refractivity contribution is 7.16. The number of nitrogens with zero attached hydrogens (tertiary/aromatic N) is 2. The van der Waals surface area contributed by atoms with Crippen LogP contribution < -0.4 is 0 Å². The second-order valence-corrected chi connectivity index (χ2v) is 9.35. The molecule has 0 radical (unpaired) electrons. The number of fused-ring (bicyclic) bond motifs is 1. The molecular formula is C27H19ClN2O3S. The number of furan rings is 1. The molecule has 0 unspecified atom stereocenters. The lowest BCUT2D eigenvalue weighted by Gasteiger charge is -2.07. The number of hydrogen-bond acceptors (Lipinski definition) is 6. The summed E-state index contributed by atoms with van der Waals surface area (Å²) in [4.78, 5) is 18.2. The van der Waals surface area contributed by atoms with Gasteiger partial charge in [0.2, 0.25) is 0 Å². The third-order valence-electron chi connectivity index (χ3n) is 5.67. The van der Waals surface area contributed by atoms with Crippen LogP contribution in [0.15, 0.2) is 70.1 Å². The molecule has 0 spiro atoms. The number of halogens is 1. The van der Waals surface area contributed by atoms with E-state index >= 15 is 0 Å². The van der Waals surface area contributed by atoms with E-state index in [1.165, 1.54) is 4.88 Å². The third kappa shape index (κ3) is 4.54. The molecule has 2 aromatic heterocycles. The molecule has 168 valence electrons. The second-order valence-electron chi connectivity index (χ2n) is 7.85. The maximum Gasteiger partial charge on any atom is 0.338 e. The summed E-state index contributed by atoms with van der Waals surface area (Å²) < 4.78 is 11.3. The molecule has 0 atom stereocenters. The zero-order valence-electron chi connectivity index (χ0n) is 18.1. The monoisotopic (exact) mass is 486 g/mol. The molecule has 0 saturated carbocycles. The summed E-state index contributed by atoms with van der Waals surface area (Å²) in [5.41, 5.74) is 3.88. The van der Waals surface area contributed by atoms with Crippen LogP contribution in [0.4, 0.5) is 5.00 Å². The average Bonchev–Trinajstić information content (AvgIpc) is 3.58. The Bertz CT molecular complexity index is 1430. The number of hydrogen-bond donors (Lipinski definition) is 0. The quantitative estimate of drug-likeness (QED) is 0.214. The number of benzene rings is 2. The van der Waals surface area contributed by atoms with E-state index in [1.807, 2.05) is 42.5 Å². The van der Waals surface area contributed by atoms with Crippen LogP contribution in [0.1, 0.15) is 44.1 Å². The van der Waals surface area contributed by atoms with Crippen LogP contribution in [0.2, 0.25) is 5.02 Å². The van der Waals surface area contributed by atoms with Gasteiger partial charge in [0.05, 0.1) is 17.3 Å². The Morgan fingerprint density at radius 1 is 1.15 bits per heavy atom. The van der Waals surface area contributed by atoms with Crippen molar-refractivity contribution in [2.75, 3.05) is 0 Å². The van der Waals surface area contributed by atoms with Gasteiger partial charge in [-0.05, 0) is 55.2 Å². The molecule has 1 aliphatic carbocycles. The fraction of sp³-hybridized carbons (Fsp3) is 0.148. The average molecular weight is 487 g/mol. The van der Waals surface area contributed by atoms with Gasteiger partial charge in [0, 0.05) is 21.0 Å². The summed E-state index contributed by atoms with van der Waals surface area (Å²) in [6, 6.07) is 20.3. The molecule has 5 nitrogen and oxygen atoms in total. The first-order valence-electron chi connectivity index (χ1n) is 10.8. The zero-order chi connectivity index (χ0) is 23.5. The Kier molecular flexibility index (Phi) is 6.31. The van der Waals surface area contributed by atoms with E-state index in [1.54, 1.807) is 35.8 Å². The number of esters is 1. The highest BCUT2D eigenvalue weighted by Gasteiger charge is 2.21. The minimum atomic E-state index is -0.421. The molecule has 7 heteroatoms. The van der Waals surface area contributed by atoms with Gasteiger partial charge in [-0.2, -0.15) is 5.26 Å². The van der Waals surface area contributed by atoms with Crippen molar-refractivity contribution in [3.63, 3.8) is 0 Å². The molecule has 0 N–H and O–H groups in total. The van der Waals surface area contributed by atoms with E-state index < -0.39 is 5.97 Å². The summed E-state index contributed by atoms with van der Waals surface area (Å²) in [7, 11) is 0. The highest BCUT2D eigenvalue weighted by Crippen LogP contribution is 2.40. The lowest BCUT2D eigenvalue weighted by molar-refractivity contribution is 0.0473. The Labute approximate surface area is 205 Å². The van der Waals surface area contributed by atoms with Crippen molar-refractivity contribution in [1.82, 2.24) is 0 Å². The second kappa shape index (κ2) is 9.68. The fourth-order valence-electron chi connectivity index (χ4n) is 3.91. The lowest BCUT2D eigenvalue weighted by Crippen LogP contribution is -2.05. The van der Waals surface area contributed by atoms with Crippen LogP contribution in [0.5, 0.6) is 0 Å². The van der Waals surface area contributed by atoms with Crippen LogP contribution in [0.3, 0.4) is 0 Å². The summed E-state index contributed by atoms with van der Waals surface area (Å²) in [6.07, 6.45) is 4.74. The van der Waals surface area contributed by atoms with Crippen LogP contribution in [-0.2, 0) is 24.2 Å². The van der Waals surface area contributed by atoms with Crippen molar-refractivity contribution in [3.8, 4) is 17.4 Å². The van der Waals surface area contributed by atoms with E-state index in [0.717, 1.165) is 41.0 Å². The SMILES string of the molecule is N#Cc1c(N=Cc2ccc(-c3ccc(C(=O)OCc4ccccc4Cl)cc3)o2)sc2c1CCC2. The lowest BCUT2D eigenvalue weighted by atomic mass is 10.1. The van der Waals surface area contributed by atoms with Crippen molar-refractivity contribution in [2.45, 2.75) is 25.9 Å². The molecule has 1 aliphatic rings. The largest absolute Gasteiger partial charge is 0.457 e. The summed E-state index contributed by atoms with van der Waals surface area (Å²) in [5.74, 6) is 0.831. The number of rotatable bonds is 6. The molecule has 0 aliphatic heterocycles. The molecule has 0 saturated heterocycles. The van der Waals surface area contributed by atoms with Gasteiger partial charge >= 0.3 is 5.97 Å². The molecule has 0 bridgehead atoms. The molecule has 0 amide bonds. The van der Waals surface area contributed by atoms with Gasteiger partial charge in [0.25, 0.3) is 0 Å². The number of nitriles is 1. The summed E-state index contributed by atoms with van der Waals surface area (Å²) >= 11 is 7.70. The van der Waals surface area contributed by atoms with E-state index in [-0.39, 0.29) is 6.61 Å². The van der Waals surface area contributed by atoms with E-state index in [0.29, 0.717) is 27.7 Å². The standard InChI is InChI=1S/C27H19ClN2O3S/c28-23-6-2-1-4-19(23)16-32-27(31)18-10-8-17(9-11-18)24-13-12-20(33-24)15-30-26-22(14-29)21-5-3-7-25(21)34-26/h1-2,4,6,8-13,15H,3,5,7,16H2. The number of ether oxygens (including phenoxy) is 1. The number of thiophene rings is 1. The number of aliphatic imine (C=N–C) groups is 1. The smallest absolute Gasteiger partial charge is 0.338 e. The Morgan fingerprint density at radius 2 is 1.97 bits per heavy atom. The molecular weight excluding hydrogens is 468 g/mol. The maximum atomic E-state index is 12.4. The molecule has 4 aromatic rings.